The van der Waals surface area contributed by atoms with Crippen molar-refractivity contribution in [3.8, 4) is 5.75 Å². The topological polar surface area (TPSA) is 58.6 Å². The minimum Gasteiger partial charge on any atom is -0.493 e. The molecule has 0 radical (unpaired) electrons. The number of fused-ring (bicyclic) bond motifs is 1. The van der Waals surface area contributed by atoms with E-state index in [4.69, 9.17) is 4.74 Å². The van der Waals surface area contributed by atoms with Crippen molar-refractivity contribution in [1.29, 1.82) is 0 Å². The maximum Gasteiger partial charge on any atom is 0.250 e. The molecule has 24 heavy (non-hydrogen) atoms. The van der Waals surface area contributed by atoms with Gasteiger partial charge in [0.15, 0.2) is 0 Å². The first-order valence-electron chi connectivity index (χ1n) is 7.85. The number of nitrogens with one attached hydrogen (secondary N) is 1. The highest BCUT2D eigenvalue weighted by molar-refractivity contribution is 7.91. The summed E-state index contributed by atoms with van der Waals surface area (Å²) in [5.74, 6) is 0.936. The molecule has 2 aromatic rings. The minimum atomic E-state index is -3.47. The molecule has 3 rings (SSSR count). The molecule has 0 amide bonds. The number of hydrogen-bond donors (Lipinski definition) is 1. The number of ether oxygens (including phenoxy) is 1. The third kappa shape index (κ3) is 3.64. The molecular formula is C17H22N2O3S2. The molecular weight excluding hydrogens is 344 g/mol. The second-order valence-corrected chi connectivity index (χ2v) is 9.44. The van der Waals surface area contributed by atoms with Crippen molar-refractivity contribution in [1.82, 2.24) is 9.62 Å². The van der Waals surface area contributed by atoms with Crippen LogP contribution in [-0.2, 0) is 16.4 Å². The number of nitrogens with zero attached hydrogens (tertiary/aromatic N) is 1. The van der Waals surface area contributed by atoms with E-state index in [9.17, 15) is 8.42 Å². The predicted octanol–water partition coefficient (Wildman–Crippen LogP) is 2.57. The summed E-state index contributed by atoms with van der Waals surface area (Å²) in [6.07, 6.45) is 0.906. The zero-order valence-electron chi connectivity index (χ0n) is 14.1. The van der Waals surface area contributed by atoms with E-state index in [0.29, 0.717) is 10.8 Å². The average Bonchev–Trinajstić information content (AvgIpc) is 3.15. The summed E-state index contributed by atoms with van der Waals surface area (Å²) < 4.78 is 33.6. The van der Waals surface area contributed by atoms with E-state index in [1.54, 1.807) is 6.07 Å². The molecule has 5 nitrogen and oxygen atoms in total. The molecule has 1 aliphatic heterocycles. The first-order valence-corrected chi connectivity index (χ1v) is 10.1. The van der Waals surface area contributed by atoms with E-state index < -0.39 is 10.0 Å². The molecule has 7 heteroatoms. The molecule has 0 saturated heterocycles. The molecule has 0 spiro atoms. The number of thiophene rings is 1. The van der Waals surface area contributed by atoms with Gasteiger partial charge in [-0.2, -0.15) is 0 Å². The van der Waals surface area contributed by atoms with E-state index in [2.05, 4.69) is 10.8 Å². The van der Waals surface area contributed by atoms with Crippen LogP contribution >= 0.6 is 11.3 Å². The van der Waals surface area contributed by atoms with Crippen LogP contribution in [0.1, 0.15) is 22.0 Å². The van der Waals surface area contributed by atoms with Gasteiger partial charge in [-0.25, -0.2) is 13.1 Å². The number of benzene rings is 1. The Balaban J connectivity index is 1.77. The molecule has 1 aliphatic rings. The lowest BCUT2D eigenvalue weighted by molar-refractivity contribution is 0.299. The van der Waals surface area contributed by atoms with Gasteiger partial charge in [0.05, 0.1) is 6.61 Å². The van der Waals surface area contributed by atoms with Crippen molar-refractivity contribution in [2.45, 2.75) is 23.6 Å². The molecule has 1 aromatic heterocycles. The molecule has 0 aliphatic carbocycles. The van der Waals surface area contributed by atoms with E-state index in [1.165, 1.54) is 16.9 Å². The standard InChI is InChI=1S/C17H22N2O3S2/c1-12-4-7-17(23-12)24(20,21)18-11-15(19(2)3)13-5-6-16-14(10-13)8-9-22-16/h4-7,10,15,18H,8-9,11H2,1-3H3. The Labute approximate surface area is 147 Å². The van der Waals surface area contributed by atoms with Gasteiger partial charge in [-0.15, -0.1) is 11.3 Å². The van der Waals surface area contributed by atoms with Gasteiger partial charge in [-0.1, -0.05) is 12.1 Å². The van der Waals surface area contributed by atoms with Crippen LogP contribution in [-0.4, -0.2) is 40.6 Å². The fourth-order valence-electron chi connectivity index (χ4n) is 2.83. The van der Waals surface area contributed by atoms with Crippen LogP contribution in [0.2, 0.25) is 0 Å². The first kappa shape index (κ1) is 17.4. The molecule has 1 N–H and O–H groups in total. The third-order valence-corrected chi connectivity index (χ3v) is 7.08. The highest BCUT2D eigenvalue weighted by Crippen LogP contribution is 2.29. The van der Waals surface area contributed by atoms with Crippen LogP contribution < -0.4 is 9.46 Å². The smallest absolute Gasteiger partial charge is 0.250 e. The molecule has 130 valence electrons. The molecule has 2 heterocycles. The zero-order chi connectivity index (χ0) is 17.3. The van der Waals surface area contributed by atoms with Crippen molar-refractivity contribution in [2.75, 3.05) is 27.2 Å². The second-order valence-electron chi connectivity index (χ2n) is 6.16. The molecule has 0 saturated carbocycles. The largest absolute Gasteiger partial charge is 0.493 e. The van der Waals surface area contributed by atoms with Crippen LogP contribution in [0.5, 0.6) is 5.75 Å². The second kappa shape index (κ2) is 6.84. The summed E-state index contributed by atoms with van der Waals surface area (Å²) in [4.78, 5) is 3.01. The Kier molecular flexibility index (Phi) is 4.96. The summed E-state index contributed by atoms with van der Waals surface area (Å²) in [6, 6.07) is 9.55. The van der Waals surface area contributed by atoms with Crippen molar-refractivity contribution < 1.29 is 13.2 Å². The van der Waals surface area contributed by atoms with Crippen molar-refractivity contribution in [2.24, 2.45) is 0 Å². The van der Waals surface area contributed by atoms with Crippen LogP contribution in [0.25, 0.3) is 0 Å². The first-order chi connectivity index (χ1) is 11.4. The summed E-state index contributed by atoms with van der Waals surface area (Å²) >= 11 is 1.29. The maximum atomic E-state index is 12.5. The Morgan fingerprint density at radius 3 is 2.75 bits per heavy atom. The van der Waals surface area contributed by atoms with Crippen LogP contribution in [0, 0.1) is 6.92 Å². The van der Waals surface area contributed by atoms with Gasteiger partial charge in [0, 0.05) is 23.9 Å². The van der Waals surface area contributed by atoms with Crippen LogP contribution in [0.3, 0.4) is 0 Å². The van der Waals surface area contributed by atoms with Gasteiger partial charge in [-0.3, -0.25) is 0 Å². The maximum absolute atomic E-state index is 12.5. The van der Waals surface area contributed by atoms with Gasteiger partial charge < -0.3 is 9.64 Å². The monoisotopic (exact) mass is 366 g/mol. The molecule has 1 aromatic carbocycles. The van der Waals surface area contributed by atoms with E-state index in [1.807, 2.05) is 44.1 Å². The summed E-state index contributed by atoms with van der Waals surface area (Å²) in [6.45, 7) is 2.95. The Bertz CT molecular complexity index is 828. The lowest BCUT2D eigenvalue weighted by atomic mass is 10.0. The average molecular weight is 367 g/mol. The quantitative estimate of drug-likeness (QED) is 0.854. The lowest BCUT2D eigenvalue weighted by Gasteiger charge is -2.25. The number of aryl methyl sites for hydroxylation is 1. The number of likely N-dealkylation sites (N-methyl/N-ethyl adjacent to an activating group) is 1. The summed E-state index contributed by atoms with van der Waals surface area (Å²) in [5, 5.41) is 0. The van der Waals surface area contributed by atoms with Gasteiger partial charge >= 0.3 is 0 Å². The van der Waals surface area contributed by atoms with E-state index >= 15 is 0 Å². The van der Waals surface area contributed by atoms with E-state index in [0.717, 1.165) is 29.2 Å². The molecule has 1 atom stereocenters. The Hall–Kier alpha value is -1.41. The van der Waals surface area contributed by atoms with Crippen LogP contribution in [0.4, 0.5) is 0 Å². The van der Waals surface area contributed by atoms with Gasteiger partial charge in [0.25, 0.3) is 0 Å². The number of sulfonamides is 1. The SMILES string of the molecule is Cc1ccc(S(=O)(=O)NCC(c2ccc3c(c2)CCO3)N(C)C)s1. The highest BCUT2D eigenvalue weighted by Gasteiger charge is 2.22. The fourth-order valence-corrected chi connectivity index (χ4v) is 5.19. The summed E-state index contributed by atoms with van der Waals surface area (Å²) in [5.41, 5.74) is 2.28. The van der Waals surface area contributed by atoms with Crippen LogP contribution in [0.15, 0.2) is 34.5 Å². The van der Waals surface area contributed by atoms with Gasteiger partial charge in [-0.05, 0) is 50.3 Å². The zero-order valence-corrected chi connectivity index (χ0v) is 15.7. The predicted molar refractivity (Wildman–Crippen MR) is 96.3 cm³/mol. The Morgan fingerprint density at radius 1 is 1.29 bits per heavy atom. The van der Waals surface area contributed by atoms with Gasteiger partial charge in [0.1, 0.15) is 9.96 Å². The molecule has 1 unspecified atom stereocenters. The van der Waals surface area contributed by atoms with Crippen molar-refractivity contribution in [3.63, 3.8) is 0 Å². The molecule has 0 fully saturated rings. The van der Waals surface area contributed by atoms with Crippen molar-refractivity contribution >= 4 is 21.4 Å². The van der Waals surface area contributed by atoms with E-state index in [-0.39, 0.29) is 6.04 Å². The fraction of sp³-hybridized carbons (Fsp3) is 0.412. The third-order valence-electron chi connectivity index (χ3n) is 4.17. The number of hydrogen-bond acceptors (Lipinski definition) is 5. The van der Waals surface area contributed by atoms with Crippen molar-refractivity contribution in [3.05, 3.63) is 46.3 Å². The number of rotatable bonds is 6. The Morgan fingerprint density at radius 2 is 2.08 bits per heavy atom. The summed E-state index contributed by atoms with van der Waals surface area (Å²) in [7, 11) is 0.442. The minimum absolute atomic E-state index is 0.0354. The highest BCUT2D eigenvalue weighted by atomic mass is 32.2. The molecule has 0 bridgehead atoms. The lowest BCUT2D eigenvalue weighted by Crippen LogP contribution is -2.34. The van der Waals surface area contributed by atoms with Gasteiger partial charge in [0.2, 0.25) is 10.0 Å². The normalized spacial score (nSPS) is 15.3.